The number of ether oxygens (including phenoxy) is 1. The number of hydrogen-bond donors (Lipinski definition) is 1. The predicted octanol–water partition coefficient (Wildman–Crippen LogP) is 2.76. The minimum atomic E-state index is -4.70. The molecule has 0 aliphatic carbocycles. The Labute approximate surface area is 139 Å². The van der Waals surface area contributed by atoms with E-state index in [2.05, 4.69) is 10.1 Å². The first-order chi connectivity index (χ1) is 10.4. The van der Waals surface area contributed by atoms with Crippen LogP contribution in [0.3, 0.4) is 0 Å². The van der Waals surface area contributed by atoms with Crippen LogP contribution in [0.4, 0.5) is 13.2 Å². The fourth-order valence-electron chi connectivity index (χ4n) is 2.70. The molecule has 0 bridgehead atoms. The van der Waals surface area contributed by atoms with Crippen LogP contribution < -0.4 is 10.1 Å². The smallest absolute Gasteiger partial charge is 0.406 e. The molecule has 1 saturated heterocycles. The fraction of sp³-hybridized carbons (Fsp3) is 0.533. The molecule has 1 atom stereocenters. The van der Waals surface area contributed by atoms with Crippen LogP contribution in [-0.4, -0.2) is 43.3 Å². The highest BCUT2D eigenvalue weighted by molar-refractivity contribution is 5.85. The summed E-state index contributed by atoms with van der Waals surface area (Å²) in [6.07, 6.45) is -2.55. The number of likely N-dealkylation sites (N-methyl/N-ethyl adjacent to an activating group) is 1. The highest BCUT2D eigenvalue weighted by Crippen LogP contribution is 2.23. The summed E-state index contributed by atoms with van der Waals surface area (Å²) in [7, 11) is 1.85. The summed E-state index contributed by atoms with van der Waals surface area (Å²) in [5.41, 5.74) is 0.676. The largest absolute Gasteiger partial charge is 0.573 e. The van der Waals surface area contributed by atoms with Gasteiger partial charge in [0.2, 0.25) is 5.91 Å². The number of carbonyl (C=O) groups excluding carboxylic acids is 1. The summed E-state index contributed by atoms with van der Waals surface area (Å²) < 4.78 is 40.1. The summed E-state index contributed by atoms with van der Waals surface area (Å²) in [6, 6.07) is 5.63. The molecule has 4 nitrogen and oxygen atoms in total. The van der Waals surface area contributed by atoms with Crippen LogP contribution in [0.2, 0.25) is 0 Å². The third-order valence-corrected chi connectivity index (χ3v) is 3.65. The zero-order chi connectivity index (χ0) is 16.2. The number of halogens is 4. The van der Waals surface area contributed by atoms with Crippen LogP contribution in [0.15, 0.2) is 24.3 Å². The van der Waals surface area contributed by atoms with Gasteiger partial charge < -0.3 is 15.0 Å². The van der Waals surface area contributed by atoms with Gasteiger partial charge in [-0.15, -0.1) is 25.6 Å². The zero-order valence-electron chi connectivity index (χ0n) is 12.7. The van der Waals surface area contributed by atoms with E-state index in [1.807, 2.05) is 11.9 Å². The van der Waals surface area contributed by atoms with Gasteiger partial charge in [0.15, 0.2) is 0 Å². The molecule has 1 amide bonds. The maximum absolute atomic E-state index is 12.3. The quantitative estimate of drug-likeness (QED) is 0.886. The Morgan fingerprint density at radius 2 is 2.00 bits per heavy atom. The molecule has 2 rings (SSSR count). The molecule has 1 N–H and O–H groups in total. The topological polar surface area (TPSA) is 41.6 Å². The Morgan fingerprint density at radius 1 is 1.35 bits per heavy atom. The molecule has 0 saturated carbocycles. The van der Waals surface area contributed by atoms with Crippen molar-refractivity contribution in [2.75, 3.05) is 20.1 Å². The van der Waals surface area contributed by atoms with Gasteiger partial charge in [0.1, 0.15) is 5.75 Å². The van der Waals surface area contributed by atoms with Crippen LogP contribution in [0.25, 0.3) is 0 Å². The molecular weight excluding hydrogens is 333 g/mol. The first kappa shape index (κ1) is 19.6. The minimum Gasteiger partial charge on any atom is -0.406 e. The van der Waals surface area contributed by atoms with Crippen LogP contribution in [0.5, 0.6) is 5.75 Å². The van der Waals surface area contributed by atoms with Crippen LogP contribution in [0.1, 0.15) is 18.4 Å². The fourth-order valence-corrected chi connectivity index (χ4v) is 2.70. The predicted molar refractivity (Wildman–Crippen MR) is 82.7 cm³/mol. The van der Waals surface area contributed by atoms with E-state index in [0.717, 1.165) is 25.9 Å². The maximum Gasteiger partial charge on any atom is 0.573 e. The van der Waals surface area contributed by atoms with Crippen LogP contribution in [-0.2, 0) is 11.2 Å². The lowest BCUT2D eigenvalue weighted by Gasteiger charge is -2.24. The van der Waals surface area contributed by atoms with Gasteiger partial charge in [-0.1, -0.05) is 12.1 Å². The van der Waals surface area contributed by atoms with Crippen molar-refractivity contribution in [2.24, 2.45) is 0 Å². The molecule has 1 aliphatic rings. The Hall–Kier alpha value is -1.47. The Morgan fingerprint density at radius 3 is 2.57 bits per heavy atom. The standard InChI is InChI=1S/C15H19F3N2O2.ClH/c1-19-10-12-3-2-8-20(12)14(21)9-11-4-6-13(7-5-11)22-15(16,17)18;/h4-7,12,19H,2-3,8-10H2,1H3;1H. The van der Waals surface area contributed by atoms with E-state index >= 15 is 0 Å². The van der Waals surface area contributed by atoms with Crippen LogP contribution >= 0.6 is 12.4 Å². The van der Waals surface area contributed by atoms with E-state index in [4.69, 9.17) is 0 Å². The molecule has 0 radical (unpaired) electrons. The van der Waals surface area contributed by atoms with Gasteiger partial charge in [0, 0.05) is 19.1 Å². The summed E-state index contributed by atoms with van der Waals surface area (Å²) in [6.45, 7) is 1.49. The van der Waals surface area contributed by atoms with Gasteiger partial charge in [-0.25, -0.2) is 0 Å². The van der Waals surface area contributed by atoms with Gasteiger partial charge in [0.05, 0.1) is 6.42 Å². The zero-order valence-corrected chi connectivity index (χ0v) is 13.5. The van der Waals surface area contributed by atoms with E-state index < -0.39 is 6.36 Å². The second-order valence-electron chi connectivity index (χ2n) is 5.31. The second-order valence-corrected chi connectivity index (χ2v) is 5.31. The monoisotopic (exact) mass is 352 g/mol. The molecular formula is C15H20ClF3N2O2. The Bertz CT molecular complexity index is 508. The van der Waals surface area contributed by atoms with Crippen molar-refractivity contribution in [3.63, 3.8) is 0 Å². The molecule has 130 valence electrons. The number of alkyl halides is 3. The number of hydrogen-bond acceptors (Lipinski definition) is 3. The van der Waals surface area contributed by atoms with Crippen molar-refractivity contribution in [1.82, 2.24) is 10.2 Å². The molecule has 1 heterocycles. The van der Waals surface area contributed by atoms with Crippen molar-refractivity contribution in [3.8, 4) is 5.75 Å². The molecule has 1 fully saturated rings. The summed E-state index contributed by atoms with van der Waals surface area (Å²) in [5, 5.41) is 3.07. The summed E-state index contributed by atoms with van der Waals surface area (Å²) >= 11 is 0. The van der Waals surface area contributed by atoms with Gasteiger partial charge in [-0.3, -0.25) is 4.79 Å². The normalized spacial score (nSPS) is 17.7. The van der Waals surface area contributed by atoms with E-state index in [0.29, 0.717) is 5.56 Å². The maximum atomic E-state index is 12.3. The summed E-state index contributed by atoms with van der Waals surface area (Å²) in [5.74, 6) is -0.278. The molecule has 0 spiro atoms. The highest BCUT2D eigenvalue weighted by Gasteiger charge is 2.31. The van der Waals surface area contributed by atoms with Crippen LogP contribution in [0, 0.1) is 0 Å². The lowest BCUT2D eigenvalue weighted by atomic mass is 10.1. The number of nitrogens with one attached hydrogen (secondary N) is 1. The van der Waals surface area contributed by atoms with Gasteiger partial charge >= 0.3 is 6.36 Å². The lowest BCUT2D eigenvalue weighted by Crippen LogP contribution is -2.41. The SMILES string of the molecule is CNCC1CCCN1C(=O)Cc1ccc(OC(F)(F)F)cc1.Cl. The molecule has 23 heavy (non-hydrogen) atoms. The van der Waals surface area contributed by atoms with E-state index in [1.165, 1.54) is 24.3 Å². The number of likely N-dealkylation sites (tertiary alicyclic amines) is 1. The molecule has 8 heteroatoms. The third-order valence-electron chi connectivity index (χ3n) is 3.65. The number of benzene rings is 1. The first-order valence-electron chi connectivity index (χ1n) is 7.18. The lowest BCUT2D eigenvalue weighted by molar-refractivity contribution is -0.274. The number of rotatable bonds is 5. The van der Waals surface area contributed by atoms with Gasteiger partial charge in [0.25, 0.3) is 0 Å². The Kier molecular flexibility index (Phi) is 7.15. The molecule has 0 aromatic heterocycles. The second kappa shape index (κ2) is 8.40. The van der Waals surface area contributed by atoms with E-state index in [-0.39, 0.29) is 36.5 Å². The number of amides is 1. The molecule has 1 unspecified atom stereocenters. The first-order valence-corrected chi connectivity index (χ1v) is 7.18. The highest BCUT2D eigenvalue weighted by atomic mass is 35.5. The van der Waals surface area contributed by atoms with Crippen molar-refractivity contribution in [3.05, 3.63) is 29.8 Å². The number of carbonyl (C=O) groups is 1. The third kappa shape index (κ3) is 5.91. The van der Waals surface area contributed by atoms with Crippen molar-refractivity contribution >= 4 is 18.3 Å². The molecule has 1 aromatic carbocycles. The minimum absolute atomic E-state index is 0. The summed E-state index contributed by atoms with van der Waals surface area (Å²) in [4.78, 5) is 14.1. The molecule has 1 aliphatic heterocycles. The van der Waals surface area contributed by atoms with Crippen molar-refractivity contribution in [1.29, 1.82) is 0 Å². The Balaban J connectivity index is 0.00000264. The van der Waals surface area contributed by atoms with Crippen molar-refractivity contribution < 1.29 is 22.7 Å². The average molecular weight is 353 g/mol. The van der Waals surface area contributed by atoms with Gasteiger partial charge in [-0.05, 0) is 37.6 Å². The number of nitrogens with zero attached hydrogens (tertiary/aromatic N) is 1. The average Bonchev–Trinajstić information content (AvgIpc) is 2.88. The van der Waals surface area contributed by atoms with Gasteiger partial charge in [-0.2, -0.15) is 0 Å². The van der Waals surface area contributed by atoms with Crippen molar-refractivity contribution in [2.45, 2.75) is 31.7 Å². The van der Waals surface area contributed by atoms with E-state index in [9.17, 15) is 18.0 Å². The van der Waals surface area contributed by atoms with E-state index in [1.54, 1.807) is 0 Å². The molecule has 1 aromatic rings.